The molecule has 0 radical (unpaired) electrons. The molecule has 0 aliphatic carbocycles. The van der Waals surface area contributed by atoms with E-state index in [4.69, 9.17) is 4.74 Å². The number of ether oxygens (including phenoxy) is 1. The van der Waals surface area contributed by atoms with Crippen LogP contribution in [-0.4, -0.2) is 29.5 Å². The van der Waals surface area contributed by atoms with E-state index in [2.05, 4.69) is 66.7 Å². The maximum atomic E-state index is 5.88. The molecule has 0 saturated carbocycles. The van der Waals surface area contributed by atoms with Crippen LogP contribution in [0.25, 0.3) is 5.57 Å². The minimum absolute atomic E-state index is 0.544. The first-order valence-electron chi connectivity index (χ1n) is 8.82. The zero-order chi connectivity index (χ0) is 17.6. The molecule has 1 aliphatic heterocycles. The smallest absolute Gasteiger partial charge is 0.214 e. The van der Waals surface area contributed by atoms with Crippen molar-refractivity contribution < 1.29 is 4.74 Å². The van der Waals surface area contributed by atoms with E-state index >= 15 is 0 Å². The average molecular weight is 334 g/mol. The van der Waals surface area contributed by atoms with Gasteiger partial charge in [0.1, 0.15) is 6.61 Å². The largest absolute Gasteiger partial charge is 0.473 e. The fraction of sp³-hybridized carbons (Fsp3) is 0.318. The Morgan fingerprint density at radius 1 is 1.20 bits per heavy atom. The molecule has 0 saturated heterocycles. The van der Waals surface area contributed by atoms with Crippen molar-refractivity contribution in [3.63, 3.8) is 0 Å². The highest BCUT2D eigenvalue weighted by Gasteiger charge is 2.14. The van der Waals surface area contributed by atoms with Crippen LogP contribution in [0.5, 0.6) is 5.88 Å². The second-order valence-electron chi connectivity index (χ2n) is 6.81. The zero-order valence-corrected chi connectivity index (χ0v) is 15.2. The lowest BCUT2D eigenvalue weighted by Crippen LogP contribution is -2.29. The molecule has 0 atom stereocenters. The van der Waals surface area contributed by atoms with Gasteiger partial charge in [0.25, 0.3) is 0 Å². The van der Waals surface area contributed by atoms with Crippen LogP contribution < -0.4 is 4.74 Å². The first kappa shape index (κ1) is 17.4. The molecule has 25 heavy (non-hydrogen) atoms. The number of rotatable bonds is 6. The SMILES string of the molecule is C=C(C)CN1CC=C(c2cccc(OCc3ccc(C)cc3)n2)CC1. The molecule has 0 spiro atoms. The van der Waals surface area contributed by atoms with Crippen LogP contribution >= 0.6 is 0 Å². The number of hydrogen-bond acceptors (Lipinski definition) is 3. The van der Waals surface area contributed by atoms with E-state index in [1.165, 1.54) is 16.7 Å². The Kier molecular flexibility index (Phi) is 5.67. The van der Waals surface area contributed by atoms with Crippen molar-refractivity contribution in [3.05, 3.63) is 77.5 Å². The van der Waals surface area contributed by atoms with Gasteiger partial charge in [0.05, 0.1) is 5.69 Å². The van der Waals surface area contributed by atoms with Crippen molar-refractivity contribution in [2.45, 2.75) is 26.9 Å². The van der Waals surface area contributed by atoms with Crippen LogP contribution in [0.3, 0.4) is 0 Å². The first-order valence-corrected chi connectivity index (χ1v) is 8.82. The summed E-state index contributed by atoms with van der Waals surface area (Å²) in [4.78, 5) is 7.09. The first-order chi connectivity index (χ1) is 12.1. The third-order valence-corrected chi connectivity index (χ3v) is 4.35. The fourth-order valence-corrected chi connectivity index (χ4v) is 2.98. The quantitative estimate of drug-likeness (QED) is 0.720. The summed E-state index contributed by atoms with van der Waals surface area (Å²) in [6, 6.07) is 14.4. The molecule has 3 heteroatoms. The molecule has 3 nitrogen and oxygen atoms in total. The zero-order valence-electron chi connectivity index (χ0n) is 15.2. The number of benzene rings is 1. The number of hydrogen-bond donors (Lipinski definition) is 0. The lowest BCUT2D eigenvalue weighted by atomic mass is 10.0. The maximum Gasteiger partial charge on any atom is 0.214 e. The molecule has 0 fully saturated rings. The van der Waals surface area contributed by atoms with E-state index in [1.807, 2.05) is 12.1 Å². The maximum absolute atomic E-state index is 5.88. The summed E-state index contributed by atoms with van der Waals surface area (Å²) in [5, 5.41) is 0. The summed E-state index contributed by atoms with van der Waals surface area (Å²) >= 11 is 0. The van der Waals surface area contributed by atoms with Crippen LogP contribution in [0, 0.1) is 6.92 Å². The van der Waals surface area contributed by atoms with Gasteiger partial charge in [-0.1, -0.05) is 54.1 Å². The summed E-state index contributed by atoms with van der Waals surface area (Å²) in [5.74, 6) is 0.684. The molecule has 1 aromatic heterocycles. The molecule has 0 unspecified atom stereocenters. The van der Waals surface area contributed by atoms with Gasteiger partial charge in [-0.05, 0) is 37.5 Å². The Morgan fingerprint density at radius 3 is 2.68 bits per heavy atom. The molecule has 2 aromatic rings. The second kappa shape index (κ2) is 8.13. The van der Waals surface area contributed by atoms with Gasteiger partial charge in [-0.25, -0.2) is 4.98 Å². The van der Waals surface area contributed by atoms with Crippen LogP contribution in [0.1, 0.15) is 30.2 Å². The summed E-state index contributed by atoms with van der Waals surface area (Å²) in [6.45, 7) is 11.7. The van der Waals surface area contributed by atoms with Crippen molar-refractivity contribution in [2.75, 3.05) is 19.6 Å². The Labute approximate surface area is 150 Å². The van der Waals surface area contributed by atoms with Crippen molar-refractivity contribution in [1.29, 1.82) is 0 Å². The lowest BCUT2D eigenvalue weighted by molar-refractivity contribution is 0.293. The summed E-state index contributed by atoms with van der Waals surface area (Å²) in [5.41, 5.74) is 5.95. The molecular formula is C22H26N2O. The van der Waals surface area contributed by atoms with E-state index < -0.39 is 0 Å². The number of aromatic nitrogens is 1. The monoisotopic (exact) mass is 334 g/mol. The van der Waals surface area contributed by atoms with Gasteiger partial charge >= 0.3 is 0 Å². The average Bonchev–Trinajstić information content (AvgIpc) is 2.62. The fourth-order valence-electron chi connectivity index (χ4n) is 2.98. The van der Waals surface area contributed by atoms with Gasteiger partial charge in [0, 0.05) is 25.7 Å². The Bertz CT molecular complexity index is 762. The van der Waals surface area contributed by atoms with Crippen LogP contribution in [0.15, 0.2) is 60.7 Å². The van der Waals surface area contributed by atoms with Crippen molar-refractivity contribution in [1.82, 2.24) is 9.88 Å². The van der Waals surface area contributed by atoms with Crippen LogP contribution in [-0.2, 0) is 6.61 Å². The van der Waals surface area contributed by atoms with Gasteiger partial charge in [-0.15, -0.1) is 0 Å². The molecule has 0 bridgehead atoms. The summed E-state index contributed by atoms with van der Waals surface area (Å²) in [6.07, 6.45) is 3.29. The molecule has 1 aromatic carbocycles. The normalized spacial score (nSPS) is 14.9. The van der Waals surface area contributed by atoms with Crippen molar-refractivity contribution in [2.24, 2.45) is 0 Å². The third-order valence-electron chi connectivity index (χ3n) is 4.35. The van der Waals surface area contributed by atoms with Gasteiger partial charge in [-0.3, -0.25) is 4.90 Å². The third kappa shape index (κ3) is 5.04. The molecule has 130 valence electrons. The second-order valence-corrected chi connectivity index (χ2v) is 6.81. The van der Waals surface area contributed by atoms with E-state index in [-0.39, 0.29) is 0 Å². The Hall–Kier alpha value is -2.39. The van der Waals surface area contributed by atoms with Crippen molar-refractivity contribution in [3.8, 4) is 5.88 Å². The van der Waals surface area contributed by atoms with Gasteiger partial charge in [0.2, 0.25) is 5.88 Å². The molecule has 1 aliphatic rings. The molecule has 0 amide bonds. The minimum atomic E-state index is 0.544. The van der Waals surface area contributed by atoms with Gasteiger partial charge in [0.15, 0.2) is 0 Å². The Balaban J connectivity index is 1.62. The molecule has 2 heterocycles. The molecular weight excluding hydrogens is 308 g/mol. The summed E-state index contributed by atoms with van der Waals surface area (Å²) < 4.78 is 5.88. The number of aryl methyl sites for hydroxylation is 1. The number of pyridine rings is 1. The summed E-state index contributed by atoms with van der Waals surface area (Å²) in [7, 11) is 0. The highest BCUT2D eigenvalue weighted by Crippen LogP contribution is 2.23. The topological polar surface area (TPSA) is 25.4 Å². The van der Waals surface area contributed by atoms with E-state index in [0.29, 0.717) is 12.5 Å². The highest BCUT2D eigenvalue weighted by atomic mass is 16.5. The molecule has 3 rings (SSSR count). The highest BCUT2D eigenvalue weighted by molar-refractivity contribution is 5.64. The van der Waals surface area contributed by atoms with Crippen LogP contribution in [0.4, 0.5) is 0 Å². The van der Waals surface area contributed by atoms with Gasteiger partial charge in [-0.2, -0.15) is 0 Å². The Morgan fingerprint density at radius 2 is 2.00 bits per heavy atom. The number of nitrogens with zero attached hydrogens (tertiary/aromatic N) is 2. The standard InChI is InChI=1S/C22H26N2O/c1-17(2)15-24-13-11-20(12-14-24)21-5-4-6-22(23-21)25-16-19-9-7-18(3)8-10-19/h4-11H,1,12-16H2,2-3H3. The van der Waals surface area contributed by atoms with E-state index in [0.717, 1.165) is 37.3 Å². The van der Waals surface area contributed by atoms with Crippen LogP contribution in [0.2, 0.25) is 0 Å². The lowest BCUT2D eigenvalue weighted by Gasteiger charge is -2.26. The van der Waals surface area contributed by atoms with Gasteiger partial charge < -0.3 is 4.74 Å². The van der Waals surface area contributed by atoms with E-state index in [9.17, 15) is 0 Å². The minimum Gasteiger partial charge on any atom is -0.473 e. The predicted octanol–water partition coefficient (Wildman–Crippen LogP) is 4.63. The van der Waals surface area contributed by atoms with Crippen molar-refractivity contribution >= 4 is 5.57 Å². The van der Waals surface area contributed by atoms with E-state index in [1.54, 1.807) is 0 Å². The molecule has 0 N–H and O–H groups in total. The predicted molar refractivity (Wildman–Crippen MR) is 104 cm³/mol.